The van der Waals surface area contributed by atoms with E-state index >= 15 is 0 Å². The van der Waals surface area contributed by atoms with Crippen LogP contribution in [0.3, 0.4) is 0 Å². The molecule has 100 valence electrons. The molecule has 3 rings (SSSR count). The van der Waals surface area contributed by atoms with Gasteiger partial charge in [0.05, 0.1) is 11.1 Å². The van der Waals surface area contributed by atoms with E-state index in [1.165, 1.54) is 4.90 Å². The highest BCUT2D eigenvalue weighted by atomic mass is 16.2. The van der Waals surface area contributed by atoms with E-state index in [1.54, 1.807) is 18.2 Å². The summed E-state index contributed by atoms with van der Waals surface area (Å²) in [5.41, 5.74) is 7.05. The number of fused-ring (bicyclic) bond motifs is 1. The van der Waals surface area contributed by atoms with Crippen LogP contribution in [-0.4, -0.2) is 47.8 Å². The maximum Gasteiger partial charge on any atom is 0.263 e. The van der Waals surface area contributed by atoms with Gasteiger partial charge in [-0.3, -0.25) is 14.5 Å². The van der Waals surface area contributed by atoms with Crippen LogP contribution in [0.5, 0.6) is 0 Å². The fraction of sp³-hybridized carbons (Fsp3) is 0.429. The highest BCUT2D eigenvalue weighted by Crippen LogP contribution is 2.31. The Labute approximate surface area is 112 Å². The molecule has 2 aliphatic heterocycles. The fourth-order valence-electron chi connectivity index (χ4n) is 2.91. The van der Waals surface area contributed by atoms with Gasteiger partial charge in [0, 0.05) is 11.7 Å². The molecule has 0 spiro atoms. The molecule has 0 aromatic heterocycles. The molecular formula is C14H17N3O2. The molecule has 2 amide bonds. The molecule has 0 radical (unpaired) electrons. The minimum atomic E-state index is -0.229. The van der Waals surface area contributed by atoms with Gasteiger partial charge < -0.3 is 10.6 Å². The van der Waals surface area contributed by atoms with Gasteiger partial charge in [0.25, 0.3) is 11.8 Å². The van der Waals surface area contributed by atoms with Crippen molar-refractivity contribution in [3.05, 3.63) is 29.3 Å². The van der Waals surface area contributed by atoms with E-state index in [0.717, 1.165) is 25.9 Å². The van der Waals surface area contributed by atoms with Crippen LogP contribution in [0.15, 0.2) is 18.2 Å². The van der Waals surface area contributed by atoms with Gasteiger partial charge in [-0.15, -0.1) is 0 Å². The second-order valence-electron chi connectivity index (χ2n) is 5.28. The van der Waals surface area contributed by atoms with Gasteiger partial charge in [-0.25, -0.2) is 0 Å². The molecule has 2 heterocycles. The van der Waals surface area contributed by atoms with Gasteiger partial charge in [0.2, 0.25) is 0 Å². The number of piperidine rings is 1. The second-order valence-corrected chi connectivity index (χ2v) is 5.28. The summed E-state index contributed by atoms with van der Waals surface area (Å²) >= 11 is 0. The van der Waals surface area contributed by atoms with Crippen molar-refractivity contribution in [2.75, 3.05) is 25.9 Å². The molecule has 0 unspecified atom stereocenters. The lowest BCUT2D eigenvalue weighted by molar-refractivity contribution is 0.0517. The number of imide groups is 1. The van der Waals surface area contributed by atoms with Crippen LogP contribution in [0.4, 0.5) is 5.69 Å². The summed E-state index contributed by atoms with van der Waals surface area (Å²) in [7, 11) is 2.05. The molecule has 2 N–H and O–H groups in total. The number of rotatable bonds is 1. The lowest BCUT2D eigenvalue weighted by Crippen LogP contribution is -2.46. The van der Waals surface area contributed by atoms with Gasteiger partial charge in [-0.05, 0) is 45.1 Å². The molecule has 2 aliphatic rings. The number of amides is 2. The van der Waals surface area contributed by atoms with Crippen molar-refractivity contribution in [1.82, 2.24) is 9.80 Å². The first kappa shape index (κ1) is 12.2. The Morgan fingerprint density at radius 1 is 1.16 bits per heavy atom. The number of benzene rings is 1. The van der Waals surface area contributed by atoms with E-state index < -0.39 is 0 Å². The van der Waals surface area contributed by atoms with E-state index in [1.807, 2.05) is 0 Å². The lowest BCUT2D eigenvalue weighted by atomic mass is 10.0. The first-order chi connectivity index (χ1) is 9.09. The molecule has 0 atom stereocenters. The van der Waals surface area contributed by atoms with Crippen LogP contribution in [0.25, 0.3) is 0 Å². The van der Waals surface area contributed by atoms with Crippen LogP contribution in [0, 0.1) is 0 Å². The van der Waals surface area contributed by atoms with E-state index in [4.69, 9.17) is 5.73 Å². The normalized spacial score (nSPS) is 21.0. The Balaban J connectivity index is 1.92. The molecule has 19 heavy (non-hydrogen) atoms. The number of likely N-dealkylation sites (tertiary alicyclic amines) is 1. The second kappa shape index (κ2) is 4.35. The average Bonchev–Trinajstić information content (AvgIpc) is 2.65. The molecule has 5 nitrogen and oxygen atoms in total. The molecule has 1 fully saturated rings. The van der Waals surface area contributed by atoms with Crippen molar-refractivity contribution < 1.29 is 9.59 Å². The van der Waals surface area contributed by atoms with Crippen molar-refractivity contribution in [1.29, 1.82) is 0 Å². The number of nitrogen functional groups attached to an aromatic ring is 1. The Kier molecular flexibility index (Phi) is 2.78. The predicted molar refractivity (Wildman–Crippen MR) is 71.9 cm³/mol. The van der Waals surface area contributed by atoms with Crippen molar-refractivity contribution in [2.24, 2.45) is 0 Å². The average molecular weight is 259 g/mol. The topological polar surface area (TPSA) is 66.6 Å². The van der Waals surface area contributed by atoms with Gasteiger partial charge in [0.15, 0.2) is 0 Å². The Morgan fingerprint density at radius 3 is 2.47 bits per heavy atom. The summed E-state index contributed by atoms with van der Waals surface area (Å²) in [6.07, 6.45) is 1.67. The van der Waals surface area contributed by atoms with E-state index in [2.05, 4.69) is 11.9 Å². The number of carbonyl (C=O) groups is 2. The number of hydrogen-bond donors (Lipinski definition) is 1. The Bertz CT molecular complexity index is 548. The molecule has 1 aromatic rings. The number of anilines is 1. The number of nitrogens with two attached hydrogens (primary N) is 1. The predicted octanol–water partition coefficient (Wildman–Crippen LogP) is 0.959. The van der Waals surface area contributed by atoms with Crippen molar-refractivity contribution in [2.45, 2.75) is 18.9 Å². The lowest BCUT2D eigenvalue weighted by Gasteiger charge is -2.33. The third kappa shape index (κ3) is 1.81. The maximum atomic E-state index is 12.4. The first-order valence-electron chi connectivity index (χ1n) is 6.54. The van der Waals surface area contributed by atoms with Crippen molar-refractivity contribution in [3.8, 4) is 0 Å². The maximum absolute atomic E-state index is 12.4. The molecular weight excluding hydrogens is 242 g/mol. The standard InChI is InChI=1S/C14H17N3O2/c1-16-7-5-9(6-8-16)17-13(18)10-3-2-4-11(15)12(10)14(17)19/h2-4,9H,5-8,15H2,1H3. The number of hydrogen-bond acceptors (Lipinski definition) is 4. The van der Waals surface area contributed by atoms with Gasteiger partial charge in [-0.2, -0.15) is 0 Å². The molecule has 5 heteroatoms. The Hall–Kier alpha value is -1.88. The quantitative estimate of drug-likeness (QED) is 0.602. The van der Waals surface area contributed by atoms with Crippen LogP contribution in [0.2, 0.25) is 0 Å². The zero-order valence-electron chi connectivity index (χ0n) is 10.9. The van der Waals surface area contributed by atoms with Gasteiger partial charge in [-0.1, -0.05) is 6.07 Å². The van der Waals surface area contributed by atoms with E-state index in [-0.39, 0.29) is 17.9 Å². The number of nitrogens with zero attached hydrogens (tertiary/aromatic N) is 2. The summed E-state index contributed by atoms with van der Waals surface area (Å²) in [6.45, 7) is 1.82. The Morgan fingerprint density at radius 2 is 1.84 bits per heavy atom. The summed E-state index contributed by atoms with van der Waals surface area (Å²) in [5, 5.41) is 0. The van der Waals surface area contributed by atoms with E-state index in [9.17, 15) is 9.59 Å². The largest absolute Gasteiger partial charge is 0.398 e. The van der Waals surface area contributed by atoms with Crippen LogP contribution in [0.1, 0.15) is 33.6 Å². The molecule has 0 saturated carbocycles. The molecule has 0 bridgehead atoms. The third-order valence-electron chi connectivity index (χ3n) is 4.03. The van der Waals surface area contributed by atoms with Crippen molar-refractivity contribution >= 4 is 17.5 Å². The SMILES string of the molecule is CN1CCC(N2C(=O)c3cccc(N)c3C2=O)CC1. The molecule has 0 aliphatic carbocycles. The highest BCUT2D eigenvalue weighted by molar-refractivity contribution is 6.23. The van der Waals surface area contributed by atoms with Crippen LogP contribution >= 0.6 is 0 Å². The minimum Gasteiger partial charge on any atom is -0.398 e. The van der Waals surface area contributed by atoms with E-state index in [0.29, 0.717) is 16.8 Å². The van der Waals surface area contributed by atoms with Gasteiger partial charge in [0.1, 0.15) is 0 Å². The van der Waals surface area contributed by atoms with Crippen molar-refractivity contribution in [3.63, 3.8) is 0 Å². The fourth-order valence-corrected chi connectivity index (χ4v) is 2.91. The molecule has 1 aromatic carbocycles. The summed E-state index contributed by atoms with van der Waals surface area (Å²) in [4.78, 5) is 28.4. The monoisotopic (exact) mass is 259 g/mol. The summed E-state index contributed by atoms with van der Waals surface area (Å²) in [6, 6.07) is 5.07. The van der Waals surface area contributed by atoms with Crippen LogP contribution < -0.4 is 5.73 Å². The smallest absolute Gasteiger partial charge is 0.263 e. The minimum absolute atomic E-state index is 0.00278. The summed E-state index contributed by atoms with van der Waals surface area (Å²) < 4.78 is 0. The first-order valence-corrected chi connectivity index (χ1v) is 6.54. The zero-order chi connectivity index (χ0) is 13.6. The zero-order valence-corrected chi connectivity index (χ0v) is 10.9. The molecule has 1 saturated heterocycles. The van der Waals surface area contributed by atoms with Crippen LogP contribution in [-0.2, 0) is 0 Å². The van der Waals surface area contributed by atoms with Gasteiger partial charge >= 0.3 is 0 Å². The summed E-state index contributed by atoms with van der Waals surface area (Å²) in [5.74, 6) is -0.422. The number of carbonyl (C=O) groups excluding carboxylic acids is 2. The third-order valence-corrected chi connectivity index (χ3v) is 4.03. The highest BCUT2D eigenvalue weighted by Gasteiger charge is 2.41.